The van der Waals surface area contributed by atoms with Crippen LogP contribution in [0.2, 0.25) is 0 Å². The van der Waals surface area contributed by atoms with E-state index >= 15 is 0 Å². The Morgan fingerprint density at radius 2 is 2.10 bits per heavy atom. The Labute approximate surface area is 125 Å². The quantitative estimate of drug-likeness (QED) is 0.745. The lowest BCUT2D eigenvalue weighted by Gasteiger charge is -2.25. The molecule has 0 bridgehead atoms. The predicted molar refractivity (Wildman–Crippen MR) is 80.7 cm³/mol. The number of anilines is 1. The maximum Gasteiger partial charge on any atom is 0.256 e. The largest absolute Gasteiger partial charge is 0.475 e. The number of carbonyl (C=O) groups is 1. The van der Waals surface area contributed by atoms with Crippen LogP contribution in [0.5, 0.6) is 5.88 Å². The molecule has 0 aliphatic heterocycles. The zero-order valence-electron chi connectivity index (χ0n) is 13.4. The first-order valence-corrected chi connectivity index (χ1v) is 6.91. The average molecular weight is 296 g/mol. The molecule has 1 unspecified atom stereocenters. The van der Waals surface area contributed by atoms with Gasteiger partial charge in [0.05, 0.1) is 18.5 Å². The van der Waals surface area contributed by atoms with Crippen LogP contribution in [0.15, 0.2) is 12.3 Å². The van der Waals surface area contributed by atoms with Crippen LogP contribution in [0.4, 0.5) is 5.69 Å². The van der Waals surface area contributed by atoms with Crippen molar-refractivity contribution < 1.29 is 19.0 Å². The monoisotopic (exact) mass is 296 g/mol. The third-order valence-corrected chi connectivity index (χ3v) is 3.42. The van der Waals surface area contributed by atoms with E-state index in [4.69, 9.17) is 14.2 Å². The second-order valence-electron chi connectivity index (χ2n) is 4.93. The third-order valence-electron chi connectivity index (χ3n) is 3.42. The molecule has 0 aliphatic carbocycles. The van der Waals surface area contributed by atoms with Crippen molar-refractivity contribution in [1.29, 1.82) is 0 Å². The minimum Gasteiger partial charge on any atom is -0.475 e. The van der Waals surface area contributed by atoms with E-state index in [0.29, 0.717) is 31.2 Å². The molecule has 0 aromatic carbocycles. The van der Waals surface area contributed by atoms with Crippen molar-refractivity contribution in [2.24, 2.45) is 0 Å². The second-order valence-corrected chi connectivity index (χ2v) is 4.93. The summed E-state index contributed by atoms with van der Waals surface area (Å²) in [5, 5.41) is 2.81. The summed E-state index contributed by atoms with van der Waals surface area (Å²) in [5.41, 5.74) is 0.620. The van der Waals surface area contributed by atoms with Gasteiger partial charge in [-0.1, -0.05) is 6.92 Å². The Kier molecular flexibility index (Phi) is 6.58. The smallest absolute Gasteiger partial charge is 0.256 e. The Morgan fingerprint density at radius 1 is 1.38 bits per heavy atom. The minimum atomic E-state index is -0.846. The van der Waals surface area contributed by atoms with Gasteiger partial charge in [0.2, 0.25) is 5.88 Å². The number of aromatic nitrogens is 1. The fraction of sp³-hybridized carbons (Fsp3) is 0.600. The van der Waals surface area contributed by atoms with Crippen molar-refractivity contribution in [1.82, 2.24) is 4.98 Å². The van der Waals surface area contributed by atoms with Gasteiger partial charge < -0.3 is 19.5 Å². The van der Waals surface area contributed by atoms with E-state index in [1.807, 2.05) is 19.9 Å². The van der Waals surface area contributed by atoms with Crippen LogP contribution in [-0.4, -0.2) is 43.9 Å². The number of rotatable bonds is 8. The molecule has 6 heteroatoms. The molecule has 0 radical (unpaired) electrons. The summed E-state index contributed by atoms with van der Waals surface area (Å²) in [7, 11) is 3.14. The van der Waals surface area contributed by atoms with E-state index in [9.17, 15) is 4.79 Å². The summed E-state index contributed by atoms with van der Waals surface area (Å²) in [6.07, 6.45) is 2.15. The Balaban J connectivity index is 2.73. The molecule has 6 nitrogen and oxygen atoms in total. The standard InChI is InChI=1S/C15H24N2O4/c1-6-15(3,20-5)14(18)17-12-9-11(2)13(16-10-12)21-8-7-19-4/h9-10H,6-8H2,1-5H3,(H,17,18). The Bertz CT molecular complexity index is 473. The highest BCUT2D eigenvalue weighted by Gasteiger charge is 2.31. The molecular weight excluding hydrogens is 272 g/mol. The molecule has 1 rings (SSSR count). The molecular formula is C15H24N2O4. The zero-order chi connectivity index (χ0) is 15.9. The minimum absolute atomic E-state index is 0.193. The Morgan fingerprint density at radius 3 is 2.62 bits per heavy atom. The molecule has 1 atom stereocenters. The van der Waals surface area contributed by atoms with E-state index in [0.717, 1.165) is 5.56 Å². The zero-order valence-corrected chi connectivity index (χ0v) is 13.4. The highest BCUT2D eigenvalue weighted by atomic mass is 16.5. The first kappa shape index (κ1) is 17.4. The number of ether oxygens (including phenoxy) is 3. The molecule has 0 spiro atoms. The molecule has 1 amide bonds. The SMILES string of the molecule is CCC(C)(OC)C(=O)Nc1cnc(OCCOC)c(C)c1. The van der Waals surface area contributed by atoms with Crippen molar-refractivity contribution in [3.05, 3.63) is 17.8 Å². The van der Waals surface area contributed by atoms with Crippen molar-refractivity contribution >= 4 is 11.6 Å². The average Bonchev–Trinajstić information content (AvgIpc) is 2.48. The van der Waals surface area contributed by atoms with Crippen LogP contribution in [0.3, 0.4) is 0 Å². The number of pyridine rings is 1. The van der Waals surface area contributed by atoms with Gasteiger partial charge in [-0.25, -0.2) is 4.98 Å². The number of methoxy groups -OCH3 is 2. The molecule has 1 heterocycles. The van der Waals surface area contributed by atoms with Crippen LogP contribution < -0.4 is 10.1 Å². The number of amides is 1. The lowest BCUT2D eigenvalue weighted by atomic mass is 10.0. The topological polar surface area (TPSA) is 69.7 Å². The first-order valence-electron chi connectivity index (χ1n) is 6.91. The highest BCUT2D eigenvalue weighted by molar-refractivity contribution is 5.96. The normalized spacial score (nSPS) is 13.6. The lowest BCUT2D eigenvalue weighted by Crippen LogP contribution is -2.41. The number of nitrogens with zero attached hydrogens (tertiary/aromatic N) is 1. The van der Waals surface area contributed by atoms with Gasteiger partial charge in [-0.3, -0.25) is 4.79 Å². The van der Waals surface area contributed by atoms with E-state index in [-0.39, 0.29) is 5.91 Å². The number of carbonyl (C=O) groups excluding carboxylic acids is 1. The second kappa shape index (κ2) is 7.95. The number of hydrogen-bond acceptors (Lipinski definition) is 5. The summed E-state index contributed by atoms with van der Waals surface area (Å²) in [6, 6.07) is 1.82. The van der Waals surface area contributed by atoms with Crippen LogP contribution in [-0.2, 0) is 14.3 Å². The molecule has 0 fully saturated rings. The van der Waals surface area contributed by atoms with Gasteiger partial charge in [0, 0.05) is 19.8 Å². The summed E-state index contributed by atoms with van der Waals surface area (Å²) < 4.78 is 15.7. The predicted octanol–water partition coefficient (Wildman–Crippen LogP) is 2.17. The van der Waals surface area contributed by atoms with Gasteiger partial charge in [0.25, 0.3) is 5.91 Å². The van der Waals surface area contributed by atoms with Crippen LogP contribution in [0.1, 0.15) is 25.8 Å². The number of hydrogen-bond donors (Lipinski definition) is 1. The van der Waals surface area contributed by atoms with Gasteiger partial charge in [-0.15, -0.1) is 0 Å². The lowest BCUT2D eigenvalue weighted by molar-refractivity contribution is -0.136. The van der Waals surface area contributed by atoms with E-state index in [1.54, 1.807) is 20.2 Å². The van der Waals surface area contributed by atoms with E-state index in [1.165, 1.54) is 7.11 Å². The summed E-state index contributed by atoms with van der Waals surface area (Å²) >= 11 is 0. The van der Waals surface area contributed by atoms with E-state index in [2.05, 4.69) is 10.3 Å². The van der Waals surface area contributed by atoms with Gasteiger partial charge in [0.1, 0.15) is 12.2 Å². The highest BCUT2D eigenvalue weighted by Crippen LogP contribution is 2.21. The van der Waals surface area contributed by atoms with Crippen molar-refractivity contribution in [3.63, 3.8) is 0 Å². The van der Waals surface area contributed by atoms with Crippen molar-refractivity contribution in [2.75, 3.05) is 32.8 Å². The van der Waals surface area contributed by atoms with Crippen molar-refractivity contribution in [2.45, 2.75) is 32.8 Å². The van der Waals surface area contributed by atoms with Gasteiger partial charge in [-0.2, -0.15) is 0 Å². The van der Waals surface area contributed by atoms with E-state index < -0.39 is 5.60 Å². The van der Waals surface area contributed by atoms with Gasteiger partial charge in [-0.05, 0) is 26.3 Å². The first-order chi connectivity index (χ1) is 9.96. The number of aryl methyl sites for hydroxylation is 1. The van der Waals surface area contributed by atoms with Crippen LogP contribution >= 0.6 is 0 Å². The van der Waals surface area contributed by atoms with Crippen molar-refractivity contribution in [3.8, 4) is 5.88 Å². The molecule has 0 saturated carbocycles. The molecule has 118 valence electrons. The maximum atomic E-state index is 12.2. The van der Waals surface area contributed by atoms with Gasteiger partial charge in [0.15, 0.2) is 0 Å². The molecule has 0 aliphatic rings. The maximum absolute atomic E-state index is 12.2. The fourth-order valence-electron chi connectivity index (χ4n) is 1.66. The van der Waals surface area contributed by atoms with Gasteiger partial charge >= 0.3 is 0 Å². The van der Waals surface area contributed by atoms with Crippen LogP contribution in [0.25, 0.3) is 0 Å². The molecule has 1 N–H and O–H groups in total. The third kappa shape index (κ3) is 4.68. The Hall–Kier alpha value is -1.66. The summed E-state index contributed by atoms with van der Waals surface area (Å²) in [4.78, 5) is 16.4. The molecule has 1 aromatic heterocycles. The summed E-state index contributed by atoms with van der Waals surface area (Å²) in [6.45, 7) is 6.47. The fourth-order valence-corrected chi connectivity index (χ4v) is 1.66. The molecule has 0 saturated heterocycles. The molecule has 21 heavy (non-hydrogen) atoms. The molecule has 1 aromatic rings. The summed E-state index contributed by atoms with van der Waals surface area (Å²) in [5.74, 6) is 0.344. The van der Waals surface area contributed by atoms with Crippen LogP contribution in [0, 0.1) is 6.92 Å². The number of nitrogens with one attached hydrogen (secondary N) is 1.